The molecule has 2 aromatic carbocycles. The van der Waals surface area contributed by atoms with Gasteiger partial charge >= 0.3 is 0 Å². The van der Waals surface area contributed by atoms with Gasteiger partial charge in [0.25, 0.3) is 11.1 Å². The second kappa shape index (κ2) is 11.4. The Bertz CT molecular complexity index is 1130. The van der Waals surface area contributed by atoms with Crippen LogP contribution in [0.4, 0.5) is 4.79 Å². The first-order chi connectivity index (χ1) is 16.3. The Morgan fingerprint density at radius 1 is 1.21 bits per heavy atom. The first-order valence-electron chi connectivity index (χ1n) is 10.3. The number of morpholine rings is 1. The molecule has 0 atom stereocenters. The lowest BCUT2D eigenvalue weighted by molar-refractivity contribution is -0.139. The fourth-order valence-corrected chi connectivity index (χ4v) is 5.56. The van der Waals surface area contributed by atoms with Crippen molar-refractivity contribution in [3.63, 3.8) is 0 Å². The molecule has 34 heavy (non-hydrogen) atoms. The Morgan fingerprint density at radius 2 is 1.91 bits per heavy atom. The molecule has 2 aromatic rings. The second-order valence-corrected chi connectivity index (χ2v) is 11.0. The molecule has 0 N–H and O–H groups in total. The monoisotopic (exact) mass is 676 g/mol. The average molecular weight is 678 g/mol. The summed E-state index contributed by atoms with van der Waals surface area (Å²) in [5.74, 6) is -0.281. The summed E-state index contributed by atoms with van der Waals surface area (Å²) in [6.45, 7) is 1.88. The summed E-state index contributed by atoms with van der Waals surface area (Å²) in [7, 11) is 0. The van der Waals surface area contributed by atoms with Gasteiger partial charge in [0.15, 0.2) is 5.75 Å². The minimum absolute atomic E-state index is 0.232. The molecule has 3 amide bonds. The van der Waals surface area contributed by atoms with Gasteiger partial charge in [-0.3, -0.25) is 19.3 Å². The maximum absolute atomic E-state index is 12.8. The molecule has 0 radical (unpaired) electrons. The molecule has 4 rings (SSSR count). The van der Waals surface area contributed by atoms with Gasteiger partial charge in [-0.2, -0.15) is 0 Å². The molecule has 2 aliphatic heterocycles. The summed E-state index contributed by atoms with van der Waals surface area (Å²) in [6.07, 6.45) is 1.59. The first kappa shape index (κ1) is 25.5. The van der Waals surface area contributed by atoms with Crippen LogP contribution in [-0.2, 0) is 20.9 Å². The number of halogens is 3. The molecule has 0 unspecified atom stereocenters. The third kappa shape index (κ3) is 6.14. The number of carbonyl (C=O) groups excluding carboxylic acids is 3. The zero-order chi connectivity index (χ0) is 24.2. The molecule has 0 spiro atoms. The molecule has 0 saturated carbocycles. The number of carbonyl (C=O) groups is 3. The van der Waals surface area contributed by atoms with Crippen molar-refractivity contribution in [2.24, 2.45) is 0 Å². The molecular weight excluding hydrogens is 659 g/mol. The summed E-state index contributed by atoms with van der Waals surface area (Å²) in [4.78, 5) is 40.5. The van der Waals surface area contributed by atoms with Gasteiger partial charge in [0.2, 0.25) is 5.91 Å². The predicted octanol–water partition coefficient (Wildman–Crippen LogP) is 5.18. The fraction of sp³-hybridized carbons (Fsp3) is 0.261. The molecule has 11 heteroatoms. The number of thioether (sulfide) groups is 1. The van der Waals surface area contributed by atoms with E-state index in [4.69, 9.17) is 21.1 Å². The quantitative estimate of drug-likeness (QED) is 0.310. The highest BCUT2D eigenvalue weighted by Gasteiger charge is 2.37. The number of hydrogen-bond acceptors (Lipinski definition) is 6. The van der Waals surface area contributed by atoms with Gasteiger partial charge < -0.3 is 14.4 Å². The van der Waals surface area contributed by atoms with Crippen molar-refractivity contribution >= 4 is 85.0 Å². The summed E-state index contributed by atoms with van der Waals surface area (Å²) in [5.41, 5.74) is 1.64. The van der Waals surface area contributed by atoms with Gasteiger partial charge in [0, 0.05) is 16.7 Å². The largest absolute Gasteiger partial charge is 0.486 e. The number of rotatable bonds is 6. The number of benzene rings is 2. The predicted molar refractivity (Wildman–Crippen MR) is 143 cm³/mol. The van der Waals surface area contributed by atoms with Crippen LogP contribution in [0.1, 0.15) is 11.1 Å². The Hall–Kier alpha value is -1.60. The zero-order valence-electron chi connectivity index (χ0n) is 17.8. The van der Waals surface area contributed by atoms with E-state index in [1.54, 1.807) is 23.1 Å². The van der Waals surface area contributed by atoms with Crippen LogP contribution in [0.25, 0.3) is 6.08 Å². The fourth-order valence-electron chi connectivity index (χ4n) is 3.37. The summed E-state index contributed by atoms with van der Waals surface area (Å²) < 4.78 is 12.9. The molecule has 178 valence electrons. The van der Waals surface area contributed by atoms with Gasteiger partial charge in [0.05, 0.1) is 27.6 Å². The second-order valence-electron chi connectivity index (χ2n) is 7.49. The molecule has 0 aromatic heterocycles. The molecule has 7 nitrogen and oxygen atoms in total. The van der Waals surface area contributed by atoms with Crippen molar-refractivity contribution in [3.05, 3.63) is 65.5 Å². The van der Waals surface area contributed by atoms with E-state index >= 15 is 0 Å². The summed E-state index contributed by atoms with van der Waals surface area (Å²) >= 11 is 13.0. The van der Waals surface area contributed by atoms with E-state index in [-0.39, 0.29) is 17.4 Å². The normalized spacial score (nSPS) is 17.6. The highest BCUT2D eigenvalue weighted by atomic mass is 127. The highest BCUT2D eigenvalue weighted by Crippen LogP contribution is 2.38. The smallest absolute Gasteiger partial charge is 0.294 e. The van der Waals surface area contributed by atoms with Crippen molar-refractivity contribution in [2.75, 3.05) is 32.8 Å². The molecular formula is C23H19BrClIN2O5S. The lowest BCUT2D eigenvalue weighted by atomic mass is 10.2. The van der Waals surface area contributed by atoms with E-state index in [2.05, 4.69) is 38.5 Å². The Kier molecular flexibility index (Phi) is 8.57. The van der Waals surface area contributed by atoms with Gasteiger partial charge in [0.1, 0.15) is 13.2 Å². The maximum Gasteiger partial charge on any atom is 0.294 e. The van der Waals surface area contributed by atoms with E-state index in [9.17, 15) is 14.4 Å². The van der Waals surface area contributed by atoms with Crippen LogP contribution in [-0.4, -0.2) is 59.7 Å². The number of nitrogens with zero attached hydrogens (tertiary/aromatic N) is 2. The Balaban J connectivity index is 1.44. The van der Waals surface area contributed by atoms with E-state index < -0.39 is 11.1 Å². The SMILES string of the molecule is O=C(CN1C(=O)S/C(=C/c2cc(Cl)c(OCc3ccc(I)cc3)c(Br)c2)C1=O)N1CCOCC1. The Morgan fingerprint density at radius 3 is 2.59 bits per heavy atom. The first-order valence-corrected chi connectivity index (χ1v) is 13.4. The van der Waals surface area contributed by atoms with Crippen molar-refractivity contribution < 1.29 is 23.9 Å². The molecule has 0 bridgehead atoms. The zero-order valence-corrected chi connectivity index (χ0v) is 23.1. The molecule has 2 fully saturated rings. The number of hydrogen-bond donors (Lipinski definition) is 0. The Labute approximate surface area is 228 Å². The van der Waals surface area contributed by atoms with Gasteiger partial charge in [-0.15, -0.1) is 0 Å². The van der Waals surface area contributed by atoms with E-state index in [0.29, 0.717) is 53.7 Å². The third-order valence-corrected chi connectivity index (χ3v) is 7.64. The molecule has 0 aliphatic carbocycles. The number of amides is 3. The average Bonchev–Trinajstić information content (AvgIpc) is 3.07. The minimum atomic E-state index is -0.497. The maximum atomic E-state index is 12.8. The van der Waals surface area contributed by atoms with Gasteiger partial charge in [-0.25, -0.2) is 0 Å². The lowest BCUT2D eigenvalue weighted by Crippen LogP contribution is -2.46. The third-order valence-electron chi connectivity index (χ3n) is 5.15. The summed E-state index contributed by atoms with van der Waals surface area (Å²) in [6, 6.07) is 11.4. The standard InChI is InChI=1S/C23H19BrClIN2O5S/c24-17-9-15(10-18(25)21(17)33-13-14-1-3-16(26)4-2-14)11-19-22(30)28(23(31)34-19)12-20(29)27-5-7-32-8-6-27/h1-4,9-11H,5-8,12-13H2/b19-11+. The van der Waals surface area contributed by atoms with Crippen molar-refractivity contribution in [2.45, 2.75) is 6.61 Å². The summed E-state index contributed by atoms with van der Waals surface area (Å²) in [5, 5.41) is -0.103. The van der Waals surface area contributed by atoms with Crippen LogP contribution in [0.15, 0.2) is 45.8 Å². The van der Waals surface area contributed by atoms with E-state index in [1.807, 2.05) is 24.3 Å². The molecule has 2 heterocycles. The highest BCUT2D eigenvalue weighted by molar-refractivity contribution is 14.1. The van der Waals surface area contributed by atoms with Crippen molar-refractivity contribution in [3.8, 4) is 5.75 Å². The van der Waals surface area contributed by atoms with Crippen molar-refractivity contribution in [1.29, 1.82) is 0 Å². The van der Waals surface area contributed by atoms with Crippen LogP contribution in [0.2, 0.25) is 5.02 Å². The lowest BCUT2D eigenvalue weighted by Gasteiger charge is -2.28. The van der Waals surface area contributed by atoms with Gasteiger partial charge in [-0.05, 0) is 91.8 Å². The van der Waals surface area contributed by atoms with Crippen LogP contribution in [0, 0.1) is 3.57 Å². The van der Waals surface area contributed by atoms with E-state index in [1.165, 1.54) is 0 Å². The molecule has 2 aliphatic rings. The van der Waals surface area contributed by atoms with E-state index in [0.717, 1.165) is 25.8 Å². The van der Waals surface area contributed by atoms with Gasteiger partial charge in [-0.1, -0.05) is 23.7 Å². The van der Waals surface area contributed by atoms with Crippen molar-refractivity contribution in [1.82, 2.24) is 9.80 Å². The van der Waals surface area contributed by atoms with Crippen LogP contribution >= 0.6 is 61.9 Å². The van der Waals surface area contributed by atoms with Crippen LogP contribution in [0.3, 0.4) is 0 Å². The molecule has 2 saturated heterocycles. The minimum Gasteiger partial charge on any atom is -0.486 e. The number of ether oxygens (including phenoxy) is 2. The topological polar surface area (TPSA) is 76.2 Å². The number of imide groups is 1. The van der Waals surface area contributed by atoms with Crippen LogP contribution in [0.5, 0.6) is 5.75 Å². The van der Waals surface area contributed by atoms with Crippen LogP contribution < -0.4 is 4.74 Å².